The van der Waals surface area contributed by atoms with Gasteiger partial charge in [-0.3, -0.25) is 0 Å². The maximum Gasteiger partial charge on any atom is 0.124 e. The lowest BCUT2D eigenvalue weighted by atomic mass is 10.1. The number of benzene rings is 2. The third-order valence-electron chi connectivity index (χ3n) is 4.63. The molecule has 2 N–H and O–H groups in total. The number of hydrogen-bond donors (Lipinski definition) is 2. The van der Waals surface area contributed by atoms with E-state index in [0.29, 0.717) is 12.5 Å². The van der Waals surface area contributed by atoms with Gasteiger partial charge in [-0.1, -0.05) is 42.5 Å². The molecule has 2 heterocycles. The van der Waals surface area contributed by atoms with E-state index in [1.165, 1.54) is 11.1 Å². The summed E-state index contributed by atoms with van der Waals surface area (Å²) in [6.07, 6.45) is 1.85. The van der Waals surface area contributed by atoms with Gasteiger partial charge in [-0.25, -0.2) is 4.68 Å². The minimum absolute atomic E-state index is 0.542. The van der Waals surface area contributed by atoms with Crippen molar-refractivity contribution in [1.82, 2.24) is 15.1 Å². The zero-order valence-corrected chi connectivity index (χ0v) is 14.8. The number of nitrogens with one attached hydrogen (secondary N) is 2. The van der Waals surface area contributed by atoms with Crippen LogP contribution in [-0.2, 0) is 19.7 Å². The third kappa shape index (κ3) is 4.24. The third-order valence-corrected chi connectivity index (χ3v) is 4.63. The van der Waals surface area contributed by atoms with E-state index in [9.17, 15) is 0 Å². The molecule has 3 aromatic rings. The van der Waals surface area contributed by atoms with Gasteiger partial charge in [-0.15, -0.1) is 0 Å². The first-order valence-electron chi connectivity index (χ1n) is 9.09. The molecule has 26 heavy (non-hydrogen) atoms. The summed E-state index contributed by atoms with van der Waals surface area (Å²) in [4.78, 5) is 0. The molecule has 1 aliphatic rings. The Labute approximate surface area is 154 Å². The van der Waals surface area contributed by atoms with Gasteiger partial charge >= 0.3 is 0 Å². The summed E-state index contributed by atoms with van der Waals surface area (Å²) in [6, 6.07) is 20.6. The van der Waals surface area contributed by atoms with Crippen molar-refractivity contribution in [3.8, 4) is 5.75 Å². The van der Waals surface area contributed by atoms with Crippen LogP contribution in [0.25, 0.3) is 0 Å². The first-order valence-corrected chi connectivity index (χ1v) is 9.09. The van der Waals surface area contributed by atoms with Gasteiger partial charge in [0.05, 0.1) is 6.20 Å². The van der Waals surface area contributed by atoms with Crippen molar-refractivity contribution in [3.63, 3.8) is 0 Å². The molecule has 0 bridgehead atoms. The van der Waals surface area contributed by atoms with Crippen LogP contribution in [0.4, 0.5) is 5.82 Å². The molecule has 0 spiro atoms. The largest absolute Gasteiger partial charge is 0.489 e. The molecule has 4 rings (SSSR count). The molecule has 1 atom stereocenters. The van der Waals surface area contributed by atoms with Gasteiger partial charge in [0.25, 0.3) is 0 Å². The van der Waals surface area contributed by atoms with E-state index in [1.807, 2.05) is 41.2 Å². The Morgan fingerprint density at radius 1 is 1.08 bits per heavy atom. The maximum absolute atomic E-state index is 5.91. The van der Waals surface area contributed by atoms with Gasteiger partial charge in [0, 0.05) is 38.2 Å². The highest BCUT2D eigenvalue weighted by molar-refractivity contribution is 5.35. The van der Waals surface area contributed by atoms with Gasteiger partial charge in [0.15, 0.2) is 0 Å². The number of rotatable bonds is 7. The van der Waals surface area contributed by atoms with E-state index in [2.05, 4.69) is 46.1 Å². The Bertz CT molecular complexity index is 831. The second-order valence-corrected chi connectivity index (χ2v) is 6.70. The molecule has 134 valence electrons. The zero-order valence-electron chi connectivity index (χ0n) is 14.8. The van der Waals surface area contributed by atoms with Crippen molar-refractivity contribution >= 4 is 5.82 Å². The Hall–Kier alpha value is -2.79. The maximum atomic E-state index is 5.91. The van der Waals surface area contributed by atoms with Crippen LogP contribution in [0.2, 0.25) is 0 Å². The highest BCUT2D eigenvalue weighted by Crippen LogP contribution is 2.17. The molecule has 0 saturated carbocycles. The van der Waals surface area contributed by atoms with Crippen LogP contribution in [0.15, 0.2) is 66.9 Å². The van der Waals surface area contributed by atoms with Crippen molar-refractivity contribution in [3.05, 3.63) is 78.0 Å². The monoisotopic (exact) mass is 348 g/mol. The van der Waals surface area contributed by atoms with Crippen LogP contribution in [0.3, 0.4) is 0 Å². The molecule has 2 aromatic carbocycles. The molecule has 0 fully saturated rings. The summed E-state index contributed by atoms with van der Waals surface area (Å²) in [6.45, 7) is 4.34. The summed E-state index contributed by atoms with van der Waals surface area (Å²) < 4.78 is 7.95. The Balaban J connectivity index is 1.25. The zero-order chi connectivity index (χ0) is 17.6. The average molecular weight is 348 g/mol. The topological polar surface area (TPSA) is 51.1 Å². The summed E-state index contributed by atoms with van der Waals surface area (Å²) in [5.74, 6) is 2.57. The standard InChI is InChI=1S/C21H24N4O/c1-2-5-17(6-3-1)16-26-20-8-4-7-18(11-20)12-22-13-19-14-23-21-9-10-24-25(21)15-19/h1-11,19,22-23H,12-16H2. The molecule has 0 amide bonds. The molecule has 0 radical (unpaired) electrons. The minimum Gasteiger partial charge on any atom is -0.489 e. The number of hydrogen-bond acceptors (Lipinski definition) is 4. The highest BCUT2D eigenvalue weighted by atomic mass is 16.5. The molecular weight excluding hydrogens is 324 g/mol. The van der Waals surface area contributed by atoms with Crippen LogP contribution in [0, 0.1) is 5.92 Å². The lowest BCUT2D eigenvalue weighted by molar-refractivity contribution is 0.306. The summed E-state index contributed by atoms with van der Waals surface area (Å²) in [7, 11) is 0. The van der Waals surface area contributed by atoms with Crippen LogP contribution >= 0.6 is 0 Å². The van der Waals surface area contributed by atoms with Gasteiger partial charge in [0.1, 0.15) is 18.2 Å². The normalized spacial score (nSPS) is 15.9. The Morgan fingerprint density at radius 3 is 2.88 bits per heavy atom. The van der Waals surface area contributed by atoms with Crippen LogP contribution in [0.5, 0.6) is 5.75 Å². The molecule has 1 aromatic heterocycles. The van der Waals surface area contributed by atoms with Gasteiger partial charge in [-0.05, 0) is 23.3 Å². The van der Waals surface area contributed by atoms with E-state index < -0.39 is 0 Å². The van der Waals surface area contributed by atoms with E-state index in [0.717, 1.165) is 37.7 Å². The Kier molecular flexibility index (Phi) is 5.17. The van der Waals surface area contributed by atoms with Crippen LogP contribution in [0.1, 0.15) is 11.1 Å². The van der Waals surface area contributed by atoms with Crippen molar-refractivity contribution in [2.75, 3.05) is 18.4 Å². The summed E-state index contributed by atoms with van der Waals surface area (Å²) in [5.41, 5.74) is 2.41. The van der Waals surface area contributed by atoms with Crippen molar-refractivity contribution in [1.29, 1.82) is 0 Å². The fourth-order valence-electron chi connectivity index (χ4n) is 3.23. The summed E-state index contributed by atoms with van der Waals surface area (Å²) >= 11 is 0. The number of fused-ring (bicyclic) bond motifs is 1. The number of aromatic nitrogens is 2. The van der Waals surface area contributed by atoms with Crippen LogP contribution in [-0.4, -0.2) is 22.9 Å². The van der Waals surface area contributed by atoms with E-state index in [1.54, 1.807) is 0 Å². The van der Waals surface area contributed by atoms with Crippen molar-refractivity contribution < 1.29 is 4.74 Å². The fourth-order valence-corrected chi connectivity index (χ4v) is 3.23. The minimum atomic E-state index is 0.542. The predicted octanol–water partition coefficient (Wildman–Crippen LogP) is 3.29. The van der Waals surface area contributed by atoms with E-state index in [-0.39, 0.29) is 0 Å². The number of nitrogens with zero attached hydrogens (tertiary/aromatic N) is 2. The Morgan fingerprint density at radius 2 is 1.96 bits per heavy atom. The summed E-state index contributed by atoms with van der Waals surface area (Å²) in [5, 5.41) is 11.3. The molecule has 5 heteroatoms. The number of ether oxygens (including phenoxy) is 1. The predicted molar refractivity (Wildman–Crippen MR) is 103 cm³/mol. The highest BCUT2D eigenvalue weighted by Gasteiger charge is 2.17. The molecule has 1 aliphatic heterocycles. The van der Waals surface area contributed by atoms with E-state index >= 15 is 0 Å². The molecule has 5 nitrogen and oxygen atoms in total. The molecular formula is C21H24N4O. The second kappa shape index (κ2) is 8.06. The molecule has 1 unspecified atom stereocenters. The first kappa shape index (κ1) is 16.7. The van der Waals surface area contributed by atoms with Gasteiger partial charge < -0.3 is 15.4 Å². The van der Waals surface area contributed by atoms with Crippen molar-refractivity contribution in [2.45, 2.75) is 19.7 Å². The lowest BCUT2D eigenvalue weighted by Gasteiger charge is -2.25. The van der Waals surface area contributed by atoms with Gasteiger partial charge in [0.2, 0.25) is 0 Å². The quantitative estimate of drug-likeness (QED) is 0.688. The SMILES string of the molecule is c1ccc(COc2cccc(CNCC3CNc4ccnn4C3)c2)cc1. The fraction of sp³-hybridized carbons (Fsp3) is 0.286. The van der Waals surface area contributed by atoms with Crippen LogP contribution < -0.4 is 15.4 Å². The molecule has 0 saturated heterocycles. The smallest absolute Gasteiger partial charge is 0.124 e. The lowest BCUT2D eigenvalue weighted by Crippen LogP contribution is -2.35. The second-order valence-electron chi connectivity index (χ2n) is 6.70. The average Bonchev–Trinajstić information content (AvgIpc) is 3.15. The van der Waals surface area contributed by atoms with E-state index in [4.69, 9.17) is 4.74 Å². The molecule has 0 aliphatic carbocycles. The first-order chi connectivity index (χ1) is 12.9. The van der Waals surface area contributed by atoms with Crippen molar-refractivity contribution in [2.24, 2.45) is 5.92 Å². The van der Waals surface area contributed by atoms with Gasteiger partial charge in [-0.2, -0.15) is 5.10 Å². The number of anilines is 1.